The van der Waals surface area contributed by atoms with Crippen molar-refractivity contribution in [3.8, 4) is 5.75 Å². The van der Waals surface area contributed by atoms with E-state index in [1.165, 1.54) is 0 Å². The van der Waals surface area contributed by atoms with E-state index < -0.39 is 0 Å². The molecule has 0 aliphatic carbocycles. The van der Waals surface area contributed by atoms with Gasteiger partial charge in [-0.15, -0.1) is 0 Å². The lowest BCUT2D eigenvalue weighted by Crippen LogP contribution is -2.07. The number of nitrogen functional groups attached to an aromatic ring is 1. The highest BCUT2D eigenvalue weighted by Crippen LogP contribution is 2.23. The van der Waals surface area contributed by atoms with E-state index in [0.29, 0.717) is 17.9 Å². The highest BCUT2D eigenvalue weighted by atomic mass is 16.5. The maximum Gasteiger partial charge on any atom is 0.141 e. The lowest BCUT2D eigenvalue weighted by Gasteiger charge is -2.09. The number of rotatable bonds is 4. The molecule has 0 spiro atoms. The Balaban J connectivity index is 2.27. The molecule has 0 bridgehead atoms. The molecule has 2 rings (SSSR count). The van der Waals surface area contributed by atoms with Gasteiger partial charge in [0.25, 0.3) is 0 Å². The van der Waals surface area contributed by atoms with E-state index in [1.807, 2.05) is 25.1 Å². The summed E-state index contributed by atoms with van der Waals surface area (Å²) in [5.74, 6) is 3.32. The van der Waals surface area contributed by atoms with Crippen LogP contribution in [0.1, 0.15) is 42.8 Å². The standard InChI is InChI=1S/C15H20N4O/c1-9(2)15-18-10(3)17-14(19-15)8-11-5-6-13(20-4)12(16)7-11/h5-7,9H,8,16H2,1-4H3. The number of nitrogens with zero attached hydrogens (tertiary/aromatic N) is 3. The second-order valence-electron chi connectivity index (χ2n) is 5.06. The molecule has 0 atom stereocenters. The van der Waals surface area contributed by atoms with Gasteiger partial charge >= 0.3 is 0 Å². The van der Waals surface area contributed by atoms with Crippen molar-refractivity contribution in [3.63, 3.8) is 0 Å². The Bertz CT molecular complexity index is 611. The molecule has 0 saturated heterocycles. The second kappa shape index (κ2) is 5.86. The van der Waals surface area contributed by atoms with Gasteiger partial charge in [-0.2, -0.15) is 0 Å². The van der Waals surface area contributed by atoms with Crippen molar-refractivity contribution in [2.45, 2.75) is 33.1 Å². The molecule has 0 aliphatic rings. The van der Waals surface area contributed by atoms with Crippen molar-refractivity contribution in [3.05, 3.63) is 41.2 Å². The molecule has 0 amide bonds. The van der Waals surface area contributed by atoms with E-state index in [4.69, 9.17) is 10.5 Å². The quantitative estimate of drug-likeness (QED) is 0.865. The van der Waals surface area contributed by atoms with Crippen molar-refractivity contribution >= 4 is 5.69 Å². The van der Waals surface area contributed by atoms with Crippen molar-refractivity contribution in [2.24, 2.45) is 0 Å². The lowest BCUT2D eigenvalue weighted by atomic mass is 10.1. The minimum atomic E-state index is 0.288. The zero-order valence-corrected chi connectivity index (χ0v) is 12.3. The minimum Gasteiger partial charge on any atom is -0.495 e. The van der Waals surface area contributed by atoms with Crippen LogP contribution in [0.2, 0.25) is 0 Å². The van der Waals surface area contributed by atoms with Crippen LogP contribution >= 0.6 is 0 Å². The SMILES string of the molecule is COc1ccc(Cc2nc(C)nc(C(C)C)n2)cc1N. The third-order valence-electron chi connectivity index (χ3n) is 2.98. The molecule has 0 aliphatic heterocycles. The third kappa shape index (κ3) is 3.23. The number of nitrogens with two attached hydrogens (primary N) is 1. The predicted octanol–water partition coefficient (Wildman–Crippen LogP) is 2.49. The Morgan fingerprint density at radius 2 is 1.95 bits per heavy atom. The average molecular weight is 272 g/mol. The molecule has 0 unspecified atom stereocenters. The van der Waals surface area contributed by atoms with Crippen LogP contribution in [0.15, 0.2) is 18.2 Å². The van der Waals surface area contributed by atoms with Gasteiger partial charge in [0.1, 0.15) is 23.2 Å². The lowest BCUT2D eigenvalue weighted by molar-refractivity contribution is 0.417. The van der Waals surface area contributed by atoms with Crippen LogP contribution in [0.3, 0.4) is 0 Å². The largest absolute Gasteiger partial charge is 0.495 e. The van der Waals surface area contributed by atoms with Gasteiger partial charge in [-0.1, -0.05) is 19.9 Å². The highest BCUT2D eigenvalue weighted by molar-refractivity contribution is 5.54. The van der Waals surface area contributed by atoms with Crippen LogP contribution in [-0.2, 0) is 6.42 Å². The summed E-state index contributed by atoms with van der Waals surface area (Å²) in [4.78, 5) is 13.2. The third-order valence-corrected chi connectivity index (χ3v) is 2.98. The Labute approximate surface area is 119 Å². The summed E-state index contributed by atoms with van der Waals surface area (Å²) in [5.41, 5.74) is 7.60. The van der Waals surface area contributed by atoms with Crippen LogP contribution < -0.4 is 10.5 Å². The molecule has 1 aromatic heterocycles. The maximum atomic E-state index is 5.92. The topological polar surface area (TPSA) is 73.9 Å². The number of aromatic nitrogens is 3. The molecule has 0 fully saturated rings. The molecular formula is C15H20N4O. The van der Waals surface area contributed by atoms with E-state index in [-0.39, 0.29) is 5.92 Å². The molecule has 1 aromatic carbocycles. The molecule has 20 heavy (non-hydrogen) atoms. The smallest absolute Gasteiger partial charge is 0.141 e. The fourth-order valence-corrected chi connectivity index (χ4v) is 1.97. The van der Waals surface area contributed by atoms with E-state index >= 15 is 0 Å². The summed E-state index contributed by atoms with van der Waals surface area (Å²) in [6.45, 7) is 6.04. The van der Waals surface area contributed by atoms with Gasteiger partial charge in [0, 0.05) is 12.3 Å². The second-order valence-corrected chi connectivity index (χ2v) is 5.06. The first-order valence-electron chi connectivity index (χ1n) is 6.63. The number of anilines is 1. The first kappa shape index (κ1) is 14.2. The van der Waals surface area contributed by atoms with Crippen LogP contribution in [0.5, 0.6) is 5.75 Å². The van der Waals surface area contributed by atoms with Crippen LogP contribution in [0, 0.1) is 6.92 Å². The Morgan fingerprint density at radius 1 is 1.20 bits per heavy atom. The van der Waals surface area contributed by atoms with E-state index in [0.717, 1.165) is 23.0 Å². The normalized spacial score (nSPS) is 10.8. The minimum absolute atomic E-state index is 0.288. The number of aryl methyl sites for hydroxylation is 1. The van der Waals surface area contributed by atoms with E-state index in [1.54, 1.807) is 7.11 Å². The number of hydrogen-bond acceptors (Lipinski definition) is 5. The summed E-state index contributed by atoms with van der Waals surface area (Å²) in [5, 5.41) is 0. The first-order valence-corrected chi connectivity index (χ1v) is 6.63. The van der Waals surface area contributed by atoms with Gasteiger partial charge in [0.2, 0.25) is 0 Å². The Kier molecular flexibility index (Phi) is 4.17. The monoisotopic (exact) mass is 272 g/mol. The number of methoxy groups -OCH3 is 1. The van der Waals surface area contributed by atoms with Crippen molar-refractivity contribution in [1.82, 2.24) is 15.0 Å². The molecule has 2 N–H and O–H groups in total. The predicted molar refractivity (Wildman–Crippen MR) is 78.9 cm³/mol. The highest BCUT2D eigenvalue weighted by Gasteiger charge is 2.09. The summed E-state index contributed by atoms with van der Waals surface area (Å²) >= 11 is 0. The first-order chi connectivity index (χ1) is 9.49. The zero-order chi connectivity index (χ0) is 14.7. The number of benzene rings is 1. The molecule has 0 saturated carbocycles. The fourth-order valence-electron chi connectivity index (χ4n) is 1.97. The molecule has 0 radical (unpaired) electrons. The summed E-state index contributed by atoms with van der Waals surface area (Å²) in [6.07, 6.45) is 0.636. The van der Waals surface area contributed by atoms with Crippen LogP contribution in [-0.4, -0.2) is 22.1 Å². The zero-order valence-electron chi connectivity index (χ0n) is 12.3. The number of hydrogen-bond donors (Lipinski definition) is 1. The summed E-state index contributed by atoms with van der Waals surface area (Å²) < 4.78 is 5.15. The summed E-state index contributed by atoms with van der Waals surface area (Å²) in [6, 6.07) is 5.73. The van der Waals surface area contributed by atoms with Crippen molar-refractivity contribution in [1.29, 1.82) is 0 Å². The Hall–Kier alpha value is -2.17. The van der Waals surface area contributed by atoms with Gasteiger partial charge < -0.3 is 10.5 Å². The van der Waals surface area contributed by atoms with Gasteiger partial charge in [-0.25, -0.2) is 15.0 Å². The van der Waals surface area contributed by atoms with Crippen LogP contribution in [0.25, 0.3) is 0 Å². The van der Waals surface area contributed by atoms with E-state index in [9.17, 15) is 0 Å². The van der Waals surface area contributed by atoms with Crippen LogP contribution in [0.4, 0.5) is 5.69 Å². The molecule has 5 nitrogen and oxygen atoms in total. The van der Waals surface area contributed by atoms with Crippen molar-refractivity contribution in [2.75, 3.05) is 12.8 Å². The van der Waals surface area contributed by atoms with Gasteiger partial charge in [0.15, 0.2) is 0 Å². The van der Waals surface area contributed by atoms with Gasteiger partial charge in [-0.3, -0.25) is 0 Å². The Morgan fingerprint density at radius 3 is 2.55 bits per heavy atom. The molecule has 1 heterocycles. The molecule has 5 heteroatoms. The maximum absolute atomic E-state index is 5.92. The van der Waals surface area contributed by atoms with Crippen molar-refractivity contribution < 1.29 is 4.74 Å². The summed E-state index contributed by atoms with van der Waals surface area (Å²) in [7, 11) is 1.61. The van der Waals surface area contributed by atoms with E-state index in [2.05, 4.69) is 28.8 Å². The number of ether oxygens (including phenoxy) is 1. The molecular weight excluding hydrogens is 252 g/mol. The fraction of sp³-hybridized carbons (Fsp3) is 0.400. The van der Waals surface area contributed by atoms with Gasteiger partial charge in [0.05, 0.1) is 12.8 Å². The molecule has 2 aromatic rings. The molecule has 106 valence electrons. The van der Waals surface area contributed by atoms with Gasteiger partial charge in [-0.05, 0) is 24.6 Å². The average Bonchev–Trinajstić information content (AvgIpc) is 2.38.